The van der Waals surface area contributed by atoms with E-state index in [1.54, 1.807) is 11.1 Å². The monoisotopic (exact) mass is 423 g/mol. The van der Waals surface area contributed by atoms with E-state index in [1.165, 1.54) is 101 Å². The van der Waals surface area contributed by atoms with Crippen LogP contribution in [0.5, 0.6) is 0 Å². The first-order chi connectivity index (χ1) is 15.2. The summed E-state index contributed by atoms with van der Waals surface area (Å²) in [6.45, 7) is 12.4. The van der Waals surface area contributed by atoms with Gasteiger partial charge in [0.05, 0.1) is 11.9 Å². The minimum absolute atomic E-state index is 0.593. The van der Waals surface area contributed by atoms with Crippen LogP contribution < -0.4 is 0 Å². The number of aromatic nitrogens is 2. The highest BCUT2D eigenvalue weighted by Gasteiger charge is 2.23. The van der Waals surface area contributed by atoms with Gasteiger partial charge in [0.2, 0.25) is 0 Å². The molecule has 2 heterocycles. The van der Waals surface area contributed by atoms with Crippen molar-refractivity contribution in [3.05, 3.63) is 41.3 Å². The second-order valence-corrected chi connectivity index (χ2v) is 9.52. The quantitative estimate of drug-likeness (QED) is 0.480. The number of unbranched alkanes of at least 4 members (excludes halogenated alkanes) is 1. The summed E-state index contributed by atoms with van der Waals surface area (Å²) in [5.41, 5.74) is 5.60. The Morgan fingerprint density at radius 1 is 1.06 bits per heavy atom. The van der Waals surface area contributed by atoms with Crippen LogP contribution in [0.25, 0.3) is 11.3 Å². The van der Waals surface area contributed by atoms with Gasteiger partial charge in [-0.25, -0.2) is 4.98 Å². The number of aryl methyl sites for hydroxylation is 2. The Labute approximate surface area is 191 Å². The van der Waals surface area contributed by atoms with Crippen LogP contribution in [0.1, 0.15) is 102 Å². The van der Waals surface area contributed by atoms with Crippen LogP contribution in [0.3, 0.4) is 0 Å². The number of piperidine rings is 1. The molecule has 1 atom stereocenters. The smallest absolute Gasteiger partial charge is 0.109 e. The van der Waals surface area contributed by atoms with E-state index in [0.717, 1.165) is 5.92 Å². The van der Waals surface area contributed by atoms with Gasteiger partial charge in [0.25, 0.3) is 0 Å². The maximum absolute atomic E-state index is 4.79. The Bertz CT molecular complexity index is 770. The summed E-state index contributed by atoms with van der Waals surface area (Å²) < 4.78 is 0. The average Bonchev–Trinajstić information content (AvgIpc) is 3.33. The number of aromatic amines is 1. The summed E-state index contributed by atoms with van der Waals surface area (Å²) in [7, 11) is 0. The van der Waals surface area contributed by atoms with E-state index >= 15 is 0 Å². The first kappa shape index (κ1) is 24.0. The normalized spacial score (nSPS) is 18.2. The van der Waals surface area contributed by atoms with Crippen molar-refractivity contribution in [3.8, 4) is 11.3 Å². The molecule has 2 aliphatic rings. The van der Waals surface area contributed by atoms with Gasteiger partial charge in [-0.1, -0.05) is 59.1 Å². The molecule has 4 rings (SSSR count). The van der Waals surface area contributed by atoms with Crippen molar-refractivity contribution in [1.29, 1.82) is 0 Å². The second-order valence-electron chi connectivity index (χ2n) is 9.52. The molecule has 31 heavy (non-hydrogen) atoms. The van der Waals surface area contributed by atoms with E-state index < -0.39 is 0 Å². The lowest BCUT2D eigenvalue weighted by Crippen LogP contribution is -2.34. The number of rotatable bonds is 8. The fraction of sp³-hybridized carbons (Fsp3) is 0.679. The molecule has 1 saturated heterocycles. The van der Waals surface area contributed by atoms with Gasteiger partial charge in [0.1, 0.15) is 5.82 Å². The van der Waals surface area contributed by atoms with Gasteiger partial charge in [-0.3, -0.25) is 0 Å². The summed E-state index contributed by atoms with van der Waals surface area (Å²) in [6.07, 6.45) is 15.2. The molecule has 3 nitrogen and oxygen atoms in total. The van der Waals surface area contributed by atoms with E-state index in [1.807, 2.05) is 13.8 Å². The number of fused-ring (bicyclic) bond motifs is 1. The SMILES string of the molecule is CC.CCCCC(C)CCN1CCC(c2ncc(-c3ccc4c(c3)CCCC4)[nH]2)CC1. The molecule has 172 valence electrons. The molecule has 1 fully saturated rings. The molecule has 0 saturated carbocycles. The zero-order valence-electron chi connectivity index (χ0n) is 20.6. The minimum Gasteiger partial charge on any atom is -0.342 e. The molecule has 0 spiro atoms. The Kier molecular flexibility index (Phi) is 9.64. The highest BCUT2D eigenvalue weighted by atomic mass is 15.1. The van der Waals surface area contributed by atoms with Crippen molar-refractivity contribution in [2.45, 2.75) is 97.8 Å². The number of H-pyrrole nitrogens is 1. The molecule has 0 radical (unpaired) electrons. The van der Waals surface area contributed by atoms with Crippen molar-refractivity contribution in [1.82, 2.24) is 14.9 Å². The fourth-order valence-corrected chi connectivity index (χ4v) is 5.12. The van der Waals surface area contributed by atoms with Crippen molar-refractivity contribution in [2.24, 2.45) is 5.92 Å². The predicted molar refractivity (Wildman–Crippen MR) is 134 cm³/mol. The average molecular weight is 424 g/mol. The molecule has 1 N–H and O–H groups in total. The van der Waals surface area contributed by atoms with Crippen LogP contribution in [-0.4, -0.2) is 34.5 Å². The number of nitrogens with zero attached hydrogens (tertiary/aromatic N) is 2. The Balaban J connectivity index is 0.00000132. The van der Waals surface area contributed by atoms with E-state index in [4.69, 9.17) is 4.98 Å². The number of likely N-dealkylation sites (tertiary alicyclic amines) is 1. The molecule has 2 aromatic rings. The molecule has 1 unspecified atom stereocenters. The predicted octanol–water partition coefficient (Wildman–Crippen LogP) is 7.38. The van der Waals surface area contributed by atoms with E-state index in [-0.39, 0.29) is 0 Å². The zero-order valence-corrected chi connectivity index (χ0v) is 20.6. The lowest BCUT2D eigenvalue weighted by molar-refractivity contribution is 0.196. The third-order valence-corrected chi connectivity index (χ3v) is 7.22. The van der Waals surface area contributed by atoms with Gasteiger partial charge < -0.3 is 9.88 Å². The number of benzene rings is 1. The van der Waals surface area contributed by atoms with Crippen LogP contribution in [0.4, 0.5) is 0 Å². The fourth-order valence-electron chi connectivity index (χ4n) is 5.12. The molecule has 1 aliphatic heterocycles. The molecule has 1 aromatic heterocycles. The lowest BCUT2D eigenvalue weighted by Gasteiger charge is -2.31. The molecule has 3 heteroatoms. The number of hydrogen-bond donors (Lipinski definition) is 1. The summed E-state index contributed by atoms with van der Waals surface area (Å²) >= 11 is 0. The Morgan fingerprint density at radius 2 is 1.81 bits per heavy atom. The highest BCUT2D eigenvalue weighted by molar-refractivity contribution is 5.61. The van der Waals surface area contributed by atoms with Gasteiger partial charge >= 0.3 is 0 Å². The van der Waals surface area contributed by atoms with Gasteiger partial charge in [0, 0.05) is 5.92 Å². The molecular weight excluding hydrogens is 378 g/mol. The van der Waals surface area contributed by atoms with Crippen molar-refractivity contribution in [2.75, 3.05) is 19.6 Å². The number of hydrogen-bond acceptors (Lipinski definition) is 2. The van der Waals surface area contributed by atoms with Gasteiger partial charge in [0.15, 0.2) is 0 Å². The second kappa shape index (κ2) is 12.4. The summed E-state index contributed by atoms with van der Waals surface area (Å²) in [5, 5.41) is 0. The minimum atomic E-state index is 0.593. The first-order valence-electron chi connectivity index (χ1n) is 13.1. The maximum atomic E-state index is 4.79. The van der Waals surface area contributed by atoms with Crippen molar-refractivity contribution >= 4 is 0 Å². The third-order valence-electron chi connectivity index (χ3n) is 7.22. The summed E-state index contributed by atoms with van der Waals surface area (Å²) in [5.74, 6) is 2.67. The largest absolute Gasteiger partial charge is 0.342 e. The highest BCUT2D eigenvalue weighted by Crippen LogP contribution is 2.30. The van der Waals surface area contributed by atoms with Gasteiger partial charge in [-0.05, 0) is 93.3 Å². The van der Waals surface area contributed by atoms with Gasteiger partial charge in [-0.15, -0.1) is 0 Å². The maximum Gasteiger partial charge on any atom is 0.109 e. The van der Waals surface area contributed by atoms with Crippen molar-refractivity contribution < 1.29 is 0 Å². The van der Waals surface area contributed by atoms with E-state index in [2.05, 4.69) is 48.1 Å². The van der Waals surface area contributed by atoms with Crippen LogP contribution >= 0.6 is 0 Å². The molecule has 0 bridgehead atoms. The van der Waals surface area contributed by atoms with Gasteiger partial charge in [-0.2, -0.15) is 0 Å². The van der Waals surface area contributed by atoms with E-state index in [0.29, 0.717) is 5.92 Å². The van der Waals surface area contributed by atoms with Crippen LogP contribution in [0.15, 0.2) is 24.4 Å². The molecule has 0 amide bonds. The van der Waals surface area contributed by atoms with Crippen LogP contribution in [0.2, 0.25) is 0 Å². The standard InChI is InChI=1S/C26H39N3.C2H6/c1-3-4-7-20(2)12-15-29-16-13-22(14-17-29)26-27-19-25(28-26)24-11-10-21-8-5-6-9-23(21)18-24;1-2/h10-11,18-20,22H,3-9,12-17H2,1-2H3,(H,27,28);1-2H3. The summed E-state index contributed by atoms with van der Waals surface area (Å²) in [6, 6.07) is 7.02. The van der Waals surface area contributed by atoms with Crippen LogP contribution in [-0.2, 0) is 12.8 Å². The Morgan fingerprint density at radius 3 is 2.55 bits per heavy atom. The zero-order chi connectivity index (χ0) is 22.1. The Hall–Kier alpha value is -1.61. The number of imidazole rings is 1. The number of nitrogens with one attached hydrogen (secondary N) is 1. The third kappa shape index (κ3) is 6.68. The summed E-state index contributed by atoms with van der Waals surface area (Å²) in [4.78, 5) is 11.1. The molecule has 1 aromatic carbocycles. The van der Waals surface area contributed by atoms with Crippen molar-refractivity contribution in [3.63, 3.8) is 0 Å². The first-order valence-corrected chi connectivity index (χ1v) is 13.1. The van der Waals surface area contributed by atoms with E-state index in [9.17, 15) is 0 Å². The topological polar surface area (TPSA) is 31.9 Å². The molecule has 1 aliphatic carbocycles. The van der Waals surface area contributed by atoms with Crippen LogP contribution in [0, 0.1) is 5.92 Å². The lowest BCUT2D eigenvalue weighted by atomic mass is 9.90. The molecular formula is C28H45N3.